The van der Waals surface area contributed by atoms with Crippen LogP contribution in [0.3, 0.4) is 0 Å². The Hall–Kier alpha value is -4.28. The summed E-state index contributed by atoms with van der Waals surface area (Å²) in [6.07, 6.45) is 2.02. The number of hydrogen-bond donors (Lipinski definition) is 6. The molecular weight excluding hydrogens is 892 g/mol. The molecule has 4 atom stereocenters. The minimum Gasteiger partial charge on any atom is -0.726 e. The van der Waals surface area contributed by atoms with Crippen molar-refractivity contribution in [2.45, 2.75) is 125 Å². The van der Waals surface area contributed by atoms with E-state index in [1.54, 1.807) is 32.9 Å². The number of carbonyl (C=O) groups is 7. The molecule has 0 fully saturated rings. The van der Waals surface area contributed by atoms with E-state index in [0.29, 0.717) is 13.0 Å². The fourth-order valence-corrected chi connectivity index (χ4v) is 5.25. The Balaban J connectivity index is -0.000000438. The van der Waals surface area contributed by atoms with Crippen LogP contribution in [-0.4, -0.2) is 117 Å². The molecule has 370 valence electrons. The van der Waals surface area contributed by atoms with E-state index in [1.807, 2.05) is 69.3 Å². The number of benzene rings is 2. The van der Waals surface area contributed by atoms with Crippen LogP contribution in [-0.2, 0) is 70.5 Å². The van der Waals surface area contributed by atoms with Crippen LogP contribution in [0.4, 0.5) is 0 Å². The molecule has 7 N–H and O–H groups in total. The second-order valence-corrected chi connectivity index (χ2v) is 19.4. The molecule has 19 nitrogen and oxygen atoms in total. The first kappa shape index (κ1) is 66.0. The Bertz CT molecular complexity index is 1870. The predicted molar refractivity (Wildman–Crippen MR) is 244 cm³/mol. The molecule has 2 aromatic carbocycles. The number of aliphatic carboxylic acids is 2. The molecule has 0 bridgehead atoms. The second-order valence-electron chi connectivity index (χ2n) is 18.3. The number of nitrogens with one attached hydrogen (secondary N) is 3. The van der Waals surface area contributed by atoms with Gasteiger partial charge < -0.3 is 50.7 Å². The maximum Gasteiger partial charge on any atom is 1.00 e. The van der Waals surface area contributed by atoms with Crippen molar-refractivity contribution in [1.82, 2.24) is 16.0 Å². The van der Waals surface area contributed by atoms with E-state index in [-0.39, 0.29) is 73.1 Å². The Morgan fingerprint density at radius 3 is 1.39 bits per heavy atom. The van der Waals surface area contributed by atoms with E-state index in [4.69, 9.17) is 20.7 Å². The van der Waals surface area contributed by atoms with Gasteiger partial charge in [0.2, 0.25) is 22.2 Å². The topological polar surface area (TPSA) is 307 Å². The summed E-state index contributed by atoms with van der Waals surface area (Å²) in [5.41, 5.74) is 7.10. The molecule has 2 rings (SSSR count). The standard InChI is InChI=1S/C20H30N2O5.C14H18N2O5.C6H12O.C5H12O4S.Na.H2/c1-20(2,3)10-11-21-15(13-17(23)24)18(25)22-16(19(26)27-4)12-14-8-6-5-7-9-14;1-21-14(20)11(7-9-5-3-2-4-6-9)16-13(19)10(15)8-12(17)18;1-6(2,3)4-5-7;1-5(2,3)4-9-10(6,7)8;;/h5-9,15-16,21H,10-13H2,1-4H3,(H,22,25)(H,23,24);2-6,10-11H,7-8,15H2,1H3,(H,16,19)(H,17,18);5H,4H2,1-3H3;4H2,1-3H3,(H,6,7,8);;1H/q;;;;+1;/p-1/t15-,16-;10-,11-;;;;/m00..../s1. The van der Waals surface area contributed by atoms with Gasteiger partial charge in [-0.1, -0.05) is 123 Å². The van der Waals surface area contributed by atoms with E-state index in [9.17, 15) is 46.5 Å². The largest absolute Gasteiger partial charge is 1.00 e. The third-order valence-electron chi connectivity index (χ3n) is 8.19. The quantitative estimate of drug-likeness (QED) is 0.0352. The van der Waals surface area contributed by atoms with Crippen LogP contribution in [0.25, 0.3) is 0 Å². The van der Waals surface area contributed by atoms with Crippen molar-refractivity contribution in [2.75, 3.05) is 27.4 Å². The van der Waals surface area contributed by atoms with E-state index in [0.717, 1.165) is 23.8 Å². The Morgan fingerprint density at radius 2 is 1.11 bits per heavy atom. The predicted octanol–water partition coefficient (Wildman–Crippen LogP) is 0.826. The number of methoxy groups -OCH3 is 2. The molecule has 0 aromatic heterocycles. The number of nitrogens with two attached hydrogens (primary N) is 1. The fraction of sp³-hybridized carbons (Fsp3) is 0.578. The average molecular weight is 965 g/mol. The van der Waals surface area contributed by atoms with Gasteiger partial charge in [0.05, 0.1) is 45.8 Å². The minimum atomic E-state index is -4.51. The maximum absolute atomic E-state index is 12.6. The maximum atomic E-state index is 12.6. The summed E-state index contributed by atoms with van der Waals surface area (Å²) in [7, 11) is -2.04. The SMILES string of the molecule is CC(C)(C)CC=O.CC(C)(C)COS(=O)(=O)[O-].COC(=O)[C@H](Cc1ccccc1)NC(=O)[C@@H](N)CC(=O)O.COC(=O)[C@H](Cc1ccccc1)NC(=O)[C@H](CC(=O)O)NCCC(C)(C)C.[HH].[Na+]. The van der Waals surface area contributed by atoms with Gasteiger partial charge in [-0.3, -0.25) is 23.4 Å². The summed E-state index contributed by atoms with van der Waals surface area (Å²) >= 11 is 0. The van der Waals surface area contributed by atoms with Crippen LogP contribution < -0.4 is 51.2 Å². The number of esters is 2. The van der Waals surface area contributed by atoms with Crippen LogP contribution >= 0.6 is 0 Å². The smallest absolute Gasteiger partial charge is 0.726 e. The van der Waals surface area contributed by atoms with Crippen LogP contribution in [0.2, 0.25) is 0 Å². The van der Waals surface area contributed by atoms with Gasteiger partial charge in [0.1, 0.15) is 18.4 Å². The molecule has 0 aliphatic carbocycles. The Morgan fingerprint density at radius 1 is 0.697 bits per heavy atom. The molecule has 0 unspecified atom stereocenters. The molecule has 2 aromatic rings. The van der Waals surface area contributed by atoms with Crippen molar-refractivity contribution in [1.29, 1.82) is 0 Å². The van der Waals surface area contributed by atoms with Gasteiger partial charge in [0.15, 0.2) is 0 Å². The van der Waals surface area contributed by atoms with Gasteiger partial charge in [-0.15, -0.1) is 0 Å². The van der Waals surface area contributed by atoms with Gasteiger partial charge in [-0.05, 0) is 40.3 Å². The molecule has 66 heavy (non-hydrogen) atoms. The summed E-state index contributed by atoms with van der Waals surface area (Å²) in [6.45, 7) is 18.1. The van der Waals surface area contributed by atoms with Crippen molar-refractivity contribution < 1.29 is 101 Å². The van der Waals surface area contributed by atoms with Gasteiger partial charge in [-0.2, -0.15) is 0 Å². The molecule has 2 amide bonds. The average Bonchev–Trinajstić information content (AvgIpc) is 3.18. The van der Waals surface area contributed by atoms with Crippen LogP contribution in [0.5, 0.6) is 0 Å². The number of amides is 2. The van der Waals surface area contributed by atoms with E-state index in [2.05, 4.69) is 45.6 Å². The first-order valence-electron chi connectivity index (χ1n) is 20.6. The Kier molecular flexibility index (Phi) is 33.2. The van der Waals surface area contributed by atoms with E-state index in [1.165, 1.54) is 14.2 Å². The summed E-state index contributed by atoms with van der Waals surface area (Å²) in [5.74, 6) is -4.70. The third kappa shape index (κ3) is 37.9. The fourth-order valence-electron chi connectivity index (χ4n) is 4.76. The van der Waals surface area contributed by atoms with E-state index >= 15 is 0 Å². The monoisotopic (exact) mass is 964 g/mol. The molecular formula is C45H73N4NaO15S. The van der Waals surface area contributed by atoms with Crippen molar-refractivity contribution in [3.05, 3.63) is 71.8 Å². The van der Waals surface area contributed by atoms with Crippen LogP contribution in [0.1, 0.15) is 101 Å². The molecule has 0 radical (unpaired) electrons. The van der Waals surface area contributed by atoms with Crippen molar-refractivity contribution in [3.8, 4) is 0 Å². The number of carboxylic acid groups (broad SMARTS) is 2. The zero-order valence-corrected chi connectivity index (χ0v) is 43.3. The van der Waals surface area contributed by atoms with Crippen molar-refractivity contribution in [3.63, 3.8) is 0 Å². The van der Waals surface area contributed by atoms with Gasteiger partial charge >= 0.3 is 53.4 Å². The van der Waals surface area contributed by atoms with Gasteiger partial charge in [0.25, 0.3) is 0 Å². The number of ether oxygens (including phenoxy) is 2. The number of rotatable bonds is 20. The van der Waals surface area contributed by atoms with Crippen LogP contribution in [0, 0.1) is 16.2 Å². The number of aldehydes is 1. The Labute approximate surface area is 413 Å². The number of hydrogen-bond acceptors (Lipinski definition) is 15. The molecule has 0 aliphatic heterocycles. The first-order valence-corrected chi connectivity index (χ1v) is 22.0. The van der Waals surface area contributed by atoms with Gasteiger partial charge in [-0.25, -0.2) is 18.0 Å². The van der Waals surface area contributed by atoms with Crippen molar-refractivity contribution >= 4 is 52.4 Å². The first-order chi connectivity index (χ1) is 29.8. The summed E-state index contributed by atoms with van der Waals surface area (Å²) in [5, 5.41) is 25.7. The zero-order chi connectivity index (χ0) is 50.6. The van der Waals surface area contributed by atoms with Crippen LogP contribution in [0.15, 0.2) is 60.7 Å². The second kappa shape index (κ2) is 33.2. The third-order valence-corrected chi connectivity index (χ3v) is 8.60. The zero-order valence-electron chi connectivity index (χ0n) is 40.5. The molecule has 0 heterocycles. The molecule has 0 spiro atoms. The molecule has 0 saturated carbocycles. The van der Waals surface area contributed by atoms with E-state index < -0.39 is 76.7 Å². The van der Waals surface area contributed by atoms with Crippen molar-refractivity contribution in [2.24, 2.45) is 22.0 Å². The number of carbonyl (C=O) groups excluding carboxylic acids is 5. The summed E-state index contributed by atoms with van der Waals surface area (Å²) in [6, 6.07) is 14.3. The molecule has 0 saturated heterocycles. The molecule has 21 heteroatoms. The van der Waals surface area contributed by atoms with Gasteiger partial charge in [0, 0.05) is 20.7 Å². The minimum absolute atomic E-state index is 0. The summed E-state index contributed by atoms with van der Waals surface area (Å²) < 4.78 is 43.1. The number of carboxylic acids is 2. The molecule has 0 aliphatic rings. The normalized spacial score (nSPS) is 12.9. The summed E-state index contributed by atoms with van der Waals surface area (Å²) in [4.78, 5) is 79.7.